The van der Waals surface area contributed by atoms with Crippen molar-refractivity contribution in [2.45, 2.75) is 6.42 Å². The van der Waals surface area contributed by atoms with Crippen LogP contribution in [0, 0.1) is 0 Å². The zero-order valence-corrected chi connectivity index (χ0v) is 16.6. The lowest BCUT2D eigenvalue weighted by Gasteiger charge is -2.13. The van der Waals surface area contributed by atoms with E-state index in [4.69, 9.17) is 9.63 Å². The molecule has 166 valence electrons. The second-order valence-electron chi connectivity index (χ2n) is 6.51. The molecule has 0 atom stereocenters. The predicted molar refractivity (Wildman–Crippen MR) is 106 cm³/mol. The van der Waals surface area contributed by atoms with E-state index in [1.54, 1.807) is 0 Å². The number of carbonyl (C=O) groups excluding carboxylic acids is 4. The maximum Gasteiger partial charge on any atom is 0.335 e. The number of anilines is 1. The van der Waals surface area contributed by atoms with Crippen LogP contribution in [0.1, 0.15) is 16.8 Å². The number of rotatable bonds is 9. The van der Waals surface area contributed by atoms with Gasteiger partial charge in [0.05, 0.1) is 5.56 Å². The standard InChI is InChI=1S/C19H18N6O7/c26-14(7-10-24-16(27)5-6-17(24)28)20-8-9-21-19(31)22-15-11-25(23-32-15)13-3-1-12(2-4-13)18(29)30/h1-6,11H,7-10H2,(H3-,20,21,22,23,26,29,30,31)/p+1. The van der Waals surface area contributed by atoms with Gasteiger partial charge in [-0.05, 0) is 16.8 Å². The average molecular weight is 443 g/mol. The number of benzene rings is 1. The van der Waals surface area contributed by atoms with Crippen molar-refractivity contribution in [1.82, 2.24) is 20.8 Å². The number of urea groups is 1. The lowest BCUT2D eigenvalue weighted by atomic mass is 10.2. The third-order valence-corrected chi connectivity index (χ3v) is 4.28. The monoisotopic (exact) mass is 443 g/mol. The van der Waals surface area contributed by atoms with Crippen LogP contribution >= 0.6 is 0 Å². The highest BCUT2D eigenvalue weighted by molar-refractivity contribution is 6.13. The van der Waals surface area contributed by atoms with Crippen molar-refractivity contribution < 1.29 is 38.3 Å². The minimum atomic E-state index is -1.05. The summed E-state index contributed by atoms with van der Waals surface area (Å²) in [5.41, 5.74) is 0.653. The molecule has 4 N–H and O–H groups in total. The van der Waals surface area contributed by atoms with Crippen molar-refractivity contribution >= 4 is 35.6 Å². The number of aromatic carboxylic acids is 1. The van der Waals surface area contributed by atoms with Gasteiger partial charge in [0, 0.05) is 50.3 Å². The highest BCUT2D eigenvalue weighted by Crippen LogP contribution is 2.07. The Morgan fingerprint density at radius 2 is 1.69 bits per heavy atom. The Kier molecular flexibility index (Phi) is 6.90. The quantitative estimate of drug-likeness (QED) is 0.221. The largest absolute Gasteiger partial charge is 0.478 e. The number of carboxylic acid groups (broad SMARTS) is 1. The molecule has 13 heteroatoms. The summed E-state index contributed by atoms with van der Waals surface area (Å²) >= 11 is 0. The van der Waals surface area contributed by atoms with E-state index in [9.17, 15) is 24.0 Å². The number of imide groups is 1. The highest BCUT2D eigenvalue weighted by Gasteiger charge is 2.23. The Bertz CT molecular complexity index is 1060. The van der Waals surface area contributed by atoms with E-state index in [1.807, 2.05) is 0 Å². The van der Waals surface area contributed by atoms with Crippen molar-refractivity contribution in [1.29, 1.82) is 0 Å². The summed E-state index contributed by atoms with van der Waals surface area (Å²) in [6.07, 6.45) is 3.64. The van der Waals surface area contributed by atoms with Gasteiger partial charge in [-0.1, -0.05) is 0 Å². The Hall–Kier alpha value is -4.55. The summed E-state index contributed by atoms with van der Waals surface area (Å²) in [6.45, 7) is 0.235. The smallest absolute Gasteiger partial charge is 0.335 e. The van der Waals surface area contributed by atoms with E-state index >= 15 is 0 Å². The molecule has 0 radical (unpaired) electrons. The number of hydrogen-bond acceptors (Lipinski definition) is 7. The Morgan fingerprint density at radius 1 is 1.03 bits per heavy atom. The SMILES string of the molecule is O=C(CCN1C(=O)C=CC1=O)NCCNC(=O)Nc1c[n+](-c2ccc(C(=O)O)cc2)no1. The van der Waals surface area contributed by atoms with E-state index in [0.717, 1.165) is 17.1 Å². The average Bonchev–Trinajstić information content (AvgIpc) is 3.36. The highest BCUT2D eigenvalue weighted by atomic mass is 16.5. The third-order valence-electron chi connectivity index (χ3n) is 4.28. The maximum atomic E-state index is 11.9. The fourth-order valence-electron chi connectivity index (χ4n) is 2.67. The first-order valence-electron chi connectivity index (χ1n) is 9.41. The molecule has 0 unspecified atom stereocenters. The van der Waals surface area contributed by atoms with Gasteiger partial charge in [0.25, 0.3) is 18.0 Å². The minimum absolute atomic E-state index is 0.0189. The molecule has 1 aliphatic rings. The van der Waals surface area contributed by atoms with Gasteiger partial charge in [0.1, 0.15) is 0 Å². The van der Waals surface area contributed by atoms with Crippen LogP contribution in [0.25, 0.3) is 5.69 Å². The van der Waals surface area contributed by atoms with Gasteiger partial charge in [-0.3, -0.25) is 29.1 Å². The predicted octanol–water partition coefficient (Wildman–Crippen LogP) is -0.798. The third kappa shape index (κ3) is 5.75. The molecule has 5 amide bonds. The summed E-state index contributed by atoms with van der Waals surface area (Å²) in [6, 6.07) is 5.29. The van der Waals surface area contributed by atoms with Crippen LogP contribution in [0.15, 0.2) is 47.1 Å². The number of aromatic nitrogens is 2. The van der Waals surface area contributed by atoms with Gasteiger partial charge in [-0.25, -0.2) is 9.59 Å². The summed E-state index contributed by atoms with van der Waals surface area (Å²) in [4.78, 5) is 58.3. The maximum absolute atomic E-state index is 11.9. The summed E-state index contributed by atoms with van der Waals surface area (Å²) < 4.78 is 6.31. The Balaban J connectivity index is 1.35. The molecular formula is C19H19N6O7+. The molecule has 0 fully saturated rings. The number of nitrogens with zero attached hydrogens (tertiary/aromatic N) is 3. The summed E-state index contributed by atoms with van der Waals surface area (Å²) in [5, 5.41) is 20.1. The van der Waals surface area contributed by atoms with Gasteiger partial charge >= 0.3 is 17.9 Å². The van der Waals surface area contributed by atoms with Gasteiger partial charge in [0.15, 0.2) is 0 Å². The van der Waals surface area contributed by atoms with Crippen LogP contribution in [0.5, 0.6) is 0 Å². The van der Waals surface area contributed by atoms with Crippen LogP contribution in [-0.4, -0.2) is 64.6 Å². The van der Waals surface area contributed by atoms with Gasteiger partial charge in [0.2, 0.25) is 16.9 Å². The van der Waals surface area contributed by atoms with Crippen molar-refractivity contribution in [2.24, 2.45) is 0 Å². The molecule has 3 rings (SSSR count). The topological polar surface area (TPSA) is 175 Å². The molecule has 2 heterocycles. The molecule has 1 aromatic carbocycles. The molecule has 0 spiro atoms. The van der Waals surface area contributed by atoms with Gasteiger partial charge in [-0.2, -0.15) is 0 Å². The van der Waals surface area contributed by atoms with Crippen molar-refractivity contribution in [3.8, 4) is 5.69 Å². The molecule has 1 aliphatic heterocycles. The van der Waals surface area contributed by atoms with E-state index in [2.05, 4.69) is 21.2 Å². The molecular weight excluding hydrogens is 424 g/mol. The number of nitrogens with one attached hydrogen (secondary N) is 3. The number of hydrogen-bond donors (Lipinski definition) is 4. The first-order valence-corrected chi connectivity index (χ1v) is 9.41. The van der Waals surface area contributed by atoms with E-state index in [0.29, 0.717) is 5.69 Å². The van der Waals surface area contributed by atoms with Crippen molar-refractivity contribution in [2.75, 3.05) is 25.0 Å². The fraction of sp³-hybridized carbons (Fsp3) is 0.211. The zero-order valence-electron chi connectivity index (χ0n) is 16.6. The molecule has 13 nitrogen and oxygen atoms in total. The van der Waals surface area contributed by atoms with E-state index < -0.39 is 23.8 Å². The first kappa shape index (κ1) is 22.1. The van der Waals surface area contributed by atoms with E-state index in [-0.39, 0.29) is 43.4 Å². The molecule has 0 aliphatic carbocycles. The van der Waals surface area contributed by atoms with Crippen LogP contribution in [0.2, 0.25) is 0 Å². The van der Waals surface area contributed by atoms with Crippen LogP contribution in [-0.2, 0) is 14.4 Å². The second-order valence-corrected chi connectivity index (χ2v) is 6.51. The molecule has 1 aromatic heterocycles. The number of carbonyl (C=O) groups is 5. The number of carboxylic acids is 1. The van der Waals surface area contributed by atoms with Crippen LogP contribution < -0.4 is 20.6 Å². The Labute approximate surface area is 180 Å². The molecule has 2 aromatic rings. The molecule has 0 saturated carbocycles. The normalized spacial score (nSPS) is 12.7. The van der Waals surface area contributed by atoms with Crippen molar-refractivity contribution in [3.63, 3.8) is 0 Å². The van der Waals surface area contributed by atoms with E-state index in [1.165, 1.54) is 35.1 Å². The van der Waals surface area contributed by atoms with Crippen LogP contribution in [0.3, 0.4) is 0 Å². The lowest BCUT2D eigenvalue weighted by molar-refractivity contribution is -0.670. The molecule has 0 bridgehead atoms. The summed E-state index contributed by atoms with van der Waals surface area (Å²) in [7, 11) is 0. The number of amides is 5. The van der Waals surface area contributed by atoms with Gasteiger partial charge < -0.3 is 15.7 Å². The molecule has 0 saturated heterocycles. The van der Waals surface area contributed by atoms with Crippen LogP contribution in [0.4, 0.5) is 10.7 Å². The fourth-order valence-corrected chi connectivity index (χ4v) is 2.67. The second kappa shape index (κ2) is 9.97. The Morgan fingerprint density at radius 3 is 2.34 bits per heavy atom. The summed E-state index contributed by atoms with van der Waals surface area (Å²) in [5.74, 6) is -2.28. The first-order chi connectivity index (χ1) is 15.3. The zero-order chi connectivity index (χ0) is 23.1. The lowest BCUT2D eigenvalue weighted by Crippen LogP contribution is -2.38. The van der Waals surface area contributed by atoms with Gasteiger partial charge in [-0.15, -0.1) is 0 Å². The minimum Gasteiger partial charge on any atom is -0.478 e. The van der Waals surface area contributed by atoms with Crippen molar-refractivity contribution in [3.05, 3.63) is 48.2 Å². The molecule has 32 heavy (non-hydrogen) atoms.